The molecule has 6 heteroatoms. The highest BCUT2D eigenvalue weighted by Crippen LogP contribution is 2.13. The quantitative estimate of drug-likeness (QED) is 0.712. The topological polar surface area (TPSA) is 81.7 Å². The first-order chi connectivity index (χ1) is 9.65. The normalized spacial score (nSPS) is 11.3. The number of anilines is 1. The number of amides is 2. The maximum Gasteiger partial charge on any atom is 0.238 e. The first-order valence-corrected chi connectivity index (χ1v) is 6.74. The molecule has 0 aliphatic rings. The van der Waals surface area contributed by atoms with Crippen LogP contribution in [0.15, 0.2) is 24.3 Å². The maximum absolute atomic E-state index is 11.8. The lowest BCUT2D eigenvalue weighted by atomic mass is 10.1. The molecule has 0 aromatic heterocycles. The average molecular weight is 293 g/mol. The lowest BCUT2D eigenvalue weighted by molar-refractivity contribution is -0.124. The summed E-state index contributed by atoms with van der Waals surface area (Å²) in [7, 11) is 1.71. The first-order valence-electron chi connectivity index (χ1n) is 6.74. The molecule has 0 saturated carbocycles. The van der Waals surface area contributed by atoms with Gasteiger partial charge in [0, 0.05) is 11.2 Å². The fourth-order valence-electron chi connectivity index (χ4n) is 1.75. The lowest BCUT2D eigenvalue weighted by Gasteiger charge is -2.23. The Morgan fingerprint density at radius 3 is 2.14 bits per heavy atom. The number of hydrogen-bond donors (Lipinski definition) is 3. The molecule has 3 N–H and O–H groups in total. The van der Waals surface area contributed by atoms with Crippen molar-refractivity contribution in [3.63, 3.8) is 0 Å². The molecule has 116 valence electrons. The highest BCUT2D eigenvalue weighted by atomic mass is 16.3. The van der Waals surface area contributed by atoms with Crippen LogP contribution in [0.4, 0.5) is 5.69 Å². The number of nitrogens with one attached hydrogen (secondary N) is 2. The molecule has 0 aliphatic heterocycles. The monoisotopic (exact) mass is 293 g/mol. The number of aromatic hydroxyl groups is 1. The molecule has 0 spiro atoms. The van der Waals surface area contributed by atoms with Crippen LogP contribution in [0.5, 0.6) is 5.75 Å². The molecule has 1 aromatic carbocycles. The van der Waals surface area contributed by atoms with E-state index in [1.807, 2.05) is 20.8 Å². The summed E-state index contributed by atoms with van der Waals surface area (Å²) in [6.07, 6.45) is 0. The zero-order chi connectivity index (χ0) is 16.0. The van der Waals surface area contributed by atoms with Crippen LogP contribution in [-0.2, 0) is 9.59 Å². The molecule has 0 atom stereocenters. The molecule has 0 radical (unpaired) electrons. The number of benzene rings is 1. The van der Waals surface area contributed by atoms with Crippen LogP contribution in [0.25, 0.3) is 0 Å². The third-order valence-corrected chi connectivity index (χ3v) is 2.49. The highest BCUT2D eigenvalue weighted by molar-refractivity contribution is 5.92. The van der Waals surface area contributed by atoms with Crippen LogP contribution in [-0.4, -0.2) is 47.5 Å². The van der Waals surface area contributed by atoms with E-state index in [-0.39, 0.29) is 36.2 Å². The molecular formula is C15H23N3O3. The van der Waals surface area contributed by atoms with E-state index in [1.54, 1.807) is 24.1 Å². The van der Waals surface area contributed by atoms with Gasteiger partial charge in [0.2, 0.25) is 11.8 Å². The second-order valence-electron chi connectivity index (χ2n) is 6.07. The number of carbonyl (C=O) groups is 2. The second-order valence-corrected chi connectivity index (χ2v) is 6.07. The van der Waals surface area contributed by atoms with E-state index in [0.29, 0.717) is 5.69 Å². The smallest absolute Gasteiger partial charge is 0.238 e. The minimum absolute atomic E-state index is 0.110. The van der Waals surface area contributed by atoms with E-state index in [1.165, 1.54) is 12.1 Å². The largest absolute Gasteiger partial charge is 0.508 e. The van der Waals surface area contributed by atoms with E-state index >= 15 is 0 Å². The van der Waals surface area contributed by atoms with Crippen LogP contribution in [0, 0.1) is 0 Å². The molecule has 0 fully saturated rings. The Labute approximate surface area is 125 Å². The fraction of sp³-hybridized carbons (Fsp3) is 0.467. The third-order valence-electron chi connectivity index (χ3n) is 2.49. The predicted molar refractivity (Wildman–Crippen MR) is 82.1 cm³/mol. The predicted octanol–water partition coefficient (Wildman–Crippen LogP) is 1.18. The van der Waals surface area contributed by atoms with Gasteiger partial charge in [-0.2, -0.15) is 0 Å². The van der Waals surface area contributed by atoms with Crippen molar-refractivity contribution in [1.82, 2.24) is 10.2 Å². The number of nitrogens with zero attached hydrogens (tertiary/aromatic N) is 1. The SMILES string of the molecule is CN(CC(=O)Nc1ccc(O)cc1)CC(=O)NC(C)(C)C. The molecule has 21 heavy (non-hydrogen) atoms. The maximum atomic E-state index is 11.8. The van der Waals surface area contributed by atoms with Crippen molar-refractivity contribution in [2.75, 3.05) is 25.5 Å². The van der Waals surface area contributed by atoms with Gasteiger partial charge in [0.25, 0.3) is 0 Å². The van der Waals surface area contributed by atoms with Gasteiger partial charge in [-0.15, -0.1) is 0 Å². The molecule has 0 heterocycles. The molecule has 6 nitrogen and oxygen atoms in total. The highest BCUT2D eigenvalue weighted by Gasteiger charge is 2.16. The van der Waals surface area contributed by atoms with Crippen molar-refractivity contribution >= 4 is 17.5 Å². The van der Waals surface area contributed by atoms with Crippen molar-refractivity contribution in [3.8, 4) is 5.75 Å². The molecule has 2 amide bonds. The number of phenols is 1. The Balaban J connectivity index is 2.40. The summed E-state index contributed by atoms with van der Waals surface area (Å²) < 4.78 is 0. The molecule has 0 aliphatic carbocycles. The Morgan fingerprint density at radius 1 is 1.10 bits per heavy atom. The number of hydrogen-bond acceptors (Lipinski definition) is 4. The summed E-state index contributed by atoms with van der Waals surface area (Å²) in [5.41, 5.74) is 0.317. The van der Waals surface area contributed by atoms with E-state index in [2.05, 4.69) is 10.6 Å². The Bertz CT molecular complexity index is 492. The zero-order valence-electron chi connectivity index (χ0n) is 12.9. The van der Waals surface area contributed by atoms with E-state index in [4.69, 9.17) is 5.11 Å². The molecular weight excluding hydrogens is 270 g/mol. The first kappa shape index (κ1) is 17.0. The van der Waals surface area contributed by atoms with Crippen LogP contribution >= 0.6 is 0 Å². The van der Waals surface area contributed by atoms with E-state index < -0.39 is 0 Å². The van der Waals surface area contributed by atoms with Gasteiger partial charge in [0.15, 0.2) is 0 Å². The van der Waals surface area contributed by atoms with Gasteiger partial charge in [0.1, 0.15) is 5.75 Å². The van der Waals surface area contributed by atoms with Gasteiger partial charge in [-0.25, -0.2) is 0 Å². The number of rotatable bonds is 5. The zero-order valence-corrected chi connectivity index (χ0v) is 12.9. The van der Waals surface area contributed by atoms with Gasteiger partial charge >= 0.3 is 0 Å². The lowest BCUT2D eigenvalue weighted by Crippen LogP contribution is -2.46. The van der Waals surface area contributed by atoms with Crippen LogP contribution in [0.1, 0.15) is 20.8 Å². The molecule has 0 bridgehead atoms. The van der Waals surface area contributed by atoms with Crippen LogP contribution < -0.4 is 10.6 Å². The summed E-state index contributed by atoms with van der Waals surface area (Å²) in [5.74, 6) is -0.196. The second kappa shape index (κ2) is 7.08. The van der Waals surface area contributed by atoms with Gasteiger partial charge in [-0.1, -0.05) is 0 Å². The number of likely N-dealkylation sites (N-methyl/N-ethyl adjacent to an activating group) is 1. The standard InChI is InChI=1S/C15H23N3O3/c1-15(2,3)17-14(21)10-18(4)9-13(20)16-11-5-7-12(19)8-6-11/h5-8,19H,9-10H2,1-4H3,(H,16,20)(H,17,21). The molecule has 0 saturated heterocycles. The molecule has 1 rings (SSSR count). The summed E-state index contributed by atoms with van der Waals surface area (Å²) in [6.45, 7) is 5.98. The van der Waals surface area contributed by atoms with Gasteiger partial charge < -0.3 is 15.7 Å². The average Bonchev–Trinajstić information content (AvgIpc) is 2.28. The minimum Gasteiger partial charge on any atom is -0.508 e. The number of phenolic OH excluding ortho intramolecular Hbond substituents is 1. The summed E-state index contributed by atoms with van der Waals surface area (Å²) >= 11 is 0. The summed E-state index contributed by atoms with van der Waals surface area (Å²) in [4.78, 5) is 25.2. The van der Waals surface area contributed by atoms with E-state index in [9.17, 15) is 9.59 Å². The van der Waals surface area contributed by atoms with Gasteiger partial charge in [-0.05, 0) is 52.1 Å². The molecule has 1 aromatic rings. The third kappa shape index (κ3) is 7.31. The summed E-state index contributed by atoms with van der Waals surface area (Å²) in [6, 6.07) is 6.21. The Morgan fingerprint density at radius 2 is 1.62 bits per heavy atom. The fourth-order valence-corrected chi connectivity index (χ4v) is 1.75. The number of carbonyl (C=O) groups excluding carboxylic acids is 2. The van der Waals surface area contributed by atoms with Crippen molar-refractivity contribution in [1.29, 1.82) is 0 Å². The van der Waals surface area contributed by atoms with Crippen molar-refractivity contribution in [3.05, 3.63) is 24.3 Å². The van der Waals surface area contributed by atoms with Gasteiger partial charge in [0.05, 0.1) is 13.1 Å². The molecule has 0 unspecified atom stereocenters. The Kier molecular flexibility index (Phi) is 5.72. The van der Waals surface area contributed by atoms with Gasteiger partial charge in [-0.3, -0.25) is 14.5 Å². The van der Waals surface area contributed by atoms with Crippen molar-refractivity contribution in [2.24, 2.45) is 0 Å². The van der Waals surface area contributed by atoms with Crippen molar-refractivity contribution < 1.29 is 14.7 Å². The Hall–Kier alpha value is -2.08. The van der Waals surface area contributed by atoms with Crippen LogP contribution in [0.2, 0.25) is 0 Å². The van der Waals surface area contributed by atoms with E-state index in [0.717, 1.165) is 0 Å². The van der Waals surface area contributed by atoms with Crippen molar-refractivity contribution in [2.45, 2.75) is 26.3 Å². The summed E-state index contributed by atoms with van der Waals surface area (Å²) in [5, 5.41) is 14.7. The van der Waals surface area contributed by atoms with Crippen LogP contribution in [0.3, 0.4) is 0 Å². The minimum atomic E-state index is -0.285.